The van der Waals surface area contributed by atoms with Crippen LogP contribution in [-0.4, -0.2) is 5.71 Å². The Balaban J connectivity index is 2.10. The molecule has 0 atom stereocenters. The lowest BCUT2D eigenvalue weighted by Crippen LogP contribution is -2.03. The molecule has 1 aliphatic heterocycles. The summed E-state index contributed by atoms with van der Waals surface area (Å²) in [4.78, 5) is 7.30. The average Bonchev–Trinajstić information content (AvgIpc) is 2.35. The number of fused-ring (bicyclic) bond motifs is 2. The number of thioether (sulfide) groups is 1. The van der Waals surface area contributed by atoms with Crippen molar-refractivity contribution in [3.63, 3.8) is 0 Å². The van der Waals surface area contributed by atoms with Gasteiger partial charge < -0.3 is 0 Å². The predicted molar refractivity (Wildman–Crippen MR) is 70.6 cm³/mol. The van der Waals surface area contributed by atoms with Crippen molar-refractivity contribution in [3.05, 3.63) is 46.9 Å². The van der Waals surface area contributed by atoms with E-state index in [2.05, 4.69) is 43.4 Å². The minimum absolute atomic E-state index is 1.03. The van der Waals surface area contributed by atoms with Gasteiger partial charge in [0.2, 0.25) is 0 Å². The van der Waals surface area contributed by atoms with Crippen molar-refractivity contribution in [3.8, 4) is 0 Å². The predicted octanol–water partition coefficient (Wildman–Crippen LogP) is 4.27. The van der Waals surface area contributed by atoms with Crippen LogP contribution in [0.1, 0.15) is 18.9 Å². The van der Waals surface area contributed by atoms with Crippen LogP contribution in [0.3, 0.4) is 0 Å². The van der Waals surface area contributed by atoms with Crippen molar-refractivity contribution < 1.29 is 0 Å². The van der Waals surface area contributed by atoms with Gasteiger partial charge in [0, 0.05) is 9.80 Å². The van der Waals surface area contributed by atoms with Gasteiger partial charge >= 0.3 is 0 Å². The van der Waals surface area contributed by atoms with Crippen LogP contribution < -0.4 is 0 Å². The molecule has 3 rings (SSSR count). The van der Waals surface area contributed by atoms with Gasteiger partial charge in [0.05, 0.1) is 11.4 Å². The molecule has 2 aliphatic rings. The number of benzene rings is 1. The molecule has 1 aliphatic carbocycles. The number of allylic oxidation sites excluding steroid dienone is 4. The molecule has 0 saturated heterocycles. The van der Waals surface area contributed by atoms with Crippen molar-refractivity contribution in [1.82, 2.24) is 0 Å². The van der Waals surface area contributed by atoms with Gasteiger partial charge in [-0.1, -0.05) is 36.9 Å². The summed E-state index contributed by atoms with van der Waals surface area (Å²) >= 11 is 1.84. The molecule has 1 heterocycles. The Kier molecular flexibility index (Phi) is 2.44. The van der Waals surface area contributed by atoms with Crippen molar-refractivity contribution in [2.45, 2.75) is 24.7 Å². The van der Waals surface area contributed by atoms with Crippen molar-refractivity contribution >= 4 is 23.2 Å². The van der Waals surface area contributed by atoms with Crippen LogP contribution >= 0.6 is 11.8 Å². The lowest BCUT2D eigenvalue weighted by atomic mass is 10.1. The van der Waals surface area contributed by atoms with Crippen LogP contribution in [0.2, 0.25) is 0 Å². The molecule has 0 bridgehead atoms. The number of rotatable bonds is 1. The highest BCUT2D eigenvalue weighted by molar-refractivity contribution is 8.04. The molecule has 0 aromatic heterocycles. The lowest BCUT2D eigenvalue weighted by Gasteiger charge is -2.18. The van der Waals surface area contributed by atoms with E-state index in [0.29, 0.717) is 0 Å². The molecule has 0 unspecified atom stereocenters. The van der Waals surface area contributed by atoms with Gasteiger partial charge in [0.1, 0.15) is 0 Å². The molecule has 80 valence electrons. The third kappa shape index (κ3) is 1.63. The Morgan fingerprint density at radius 2 is 2.31 bits per heavy atom. The van der Waals surface area contributed by atoms with Crippen LogP contribution in [0.15, 0.2) is 51.2 Å². The smallest absolute Gasteiger partial charge is 0.0779 e. The first-order chi connectivity index (χ1) is 7.86. The summed E-state index contributed by atoms with van der Waals surface area (Å²) in [6.07, 6.45) is 8.65. The van der Waals surface area contributed by atoms with Gasteiger partial charge in [-0.05, 0) is 36.6 Å². The van der Waals surface area contributed by atoms with Crippen molar-refractivity contribution in [2.24, 2.45) is 4.99 Å². The molecular weight excluding hydrogens is 214 g/mol. The summed E-state index contributed by atoms with van der Waals surface area (Å²) in [7, 11) is 0. The van der Waals surface area contributed by atoms with Gasteiger partial charge in [0.25, 0.3) is 0 Å². The summed E-state index contributed by atoms with van der Waals surface area (Å²) in [5.74, 6) is 0. The quantitative estimate of drug-likeness (QED) is 0.698. The monoisotopic (exact) mass is 227 g/mol. The fourth-order valence-electron chi connectivity index (χ4n) is 1.93. The summed E-state index contributed by atoms with van der Waals surface area (Å²) in [5.41, 5.74) is 3.61. The molecule has 0 N–H and O–H groups in total. The maximum absolute atomic E-state index is 4.72. The van der Waals surface area contributed by atoms with Crippen molar-refractivity contribution in [1.29, 1.82) is 0 Å². The van der Waals surface area contributed by atoms with E-state index in [1.165, 1.54) is 15.4 Å². The number of hydrogen-bond donors (Lipinski definition) is 0. The van der Waals surface area contributed by atoms with Crippen LogP contribution in [0.4, 0.5) is 5.69 Å². The Hall–Kier alpha value is -1.28. The van der Waals surface area contributed by atoms with E-state index < -0.39 is 0 Å². The van der Waals surface area contributed by atoms with Gasteiger partial charge in [-0.3, -0.25) is 0 Å². The first-order valence-corrected chi connectivity index (χ1v) is 6.45. The second kappa shape index (κ2) is 3.95. The Labute approximate surface area is 100.0 Å². The second-order valence-corrected chi connectivity index (χ2v) is 5.04. The van der Waals surface area contributed by atoms with E-state index in [4.69, 9.17) is 4.99 Å². The normalized spacial score (nSPS) is 17.3. The zero-order valence-electron chi connectivity index (χ0n) is 9.23. The van der Waals surface area contributed by atoms with E-state index in [-0.39, 0.29) is 0 Å². The van der Waals surface area contributed by atoms with Crippen LogP contribution in [0, 0.1) is 0 Å². The first-order valence-electron chi connectivity index (χ1n) is 5.63. The topological polar surface area (TPSA) is 12.4 Å². The third-order valence-corrected chi connectivity index (χ3v) is 4.02. The highest BCUT2D eigenvalue weighted by Gasteiger charge is 2.17. The summed E-state index contributed by atoms with van der Waals surface area (Å²) in [5, 5.41) is 0. The largest absolute Gasteiger partial charge is 0.247 e. The van der Waals surface area contributed by atoms with Crippen molar-refractivity contribution in [2.75, 3.05) is 0 Å². The molecule has 0 radical (unpaired) electrons. The lowest BCUT2D eigenvalue weighted by molar-refractivity contribution is 1.13. The molecule has 1 aromatic carbocycles. The maximum atomic E-state index is 4.72. The molecule has 0 amide bonds. The Bertz CT molecular complexity index is 524. The summed E-state index contributed by atoms with van der Waals surface area (Å²) in [6.45, 7) is 2.18. The van der Waals surface area contributed by atoms with E-state index >= 15 is 0 Å². The van der Waals surface area contributed by atoms with Crippen LogP contribution in [-0.2, 0) is 6.42 Å². The second-order valence-electron chi connectivity index (χ2n) is 3.96. The molecule has 0 fully saturated rings. The van der Waals surface area contributed by atoms with Gasteiger partial charge in [-0.2, -0.15) is 0 Å². The molecular formula is C14H13NS. The molecule has 1 aromatic rings. The maximum Gasteiger partial charge on any atom is 0.0779 e. The summed E-state index contributed by atoms with van der Waals surface area (Å²) in [6, 6.07) is 6.60. The SMILES string of the molecule is CCc1ccc2c(c1)N=C1C=CCC=C1S2. The number of nitrogens with zero attached hydrogens (tertiary/aromatic N) is 1. The average molecular weight is 227 g/mol. The highest BCUT2D eigenvalue weighted by atomic mass is 32.2. The number of aliphatic imine (C=N–C) groups is 1. The molecule has 0 saturated carbocycles. The fourth-order valence-corrected chi connectivity index (χ4v) is 2.91. The number of aryl methyl sites for hydroxylation is 1. The first kappa shape index (κ1) is 9.91. The summed E-state index contributed by atoms with van der Waals surface area (Å²) < 4.78 is 0. The third-order valence-electron chi connectivity index (χ3n) is 2.86. The van der Waals surface area contributed by atoms with Crippen LogP contribution in [0.25, 0.3) is 0 Å². The molecule has 0 spiro atoms. The molecule has 2 heteroatoms. The van der Waals surface area contributed by atoms with Gasteiger partial charge in [-0.15, -0.1) is 0 Å². The van der Waals surface area contributed by atoms with E-state index in [1.54, 1.807) is 0 Å². The minimum atomic E-state index is 1.03. The molecule has 1 nitrogen and oxygen atoms in total. The van der Waals surface area contributed by atoms with Gasteiger partial charge in [-0.25, -0.2) is 4.99 Å². The number of hydrogen-bond acceptors (Lipinski definition) is 2. The standard InChI is InChI=1S/C14H13NS/c1-2-10-7-8-14-12(9-10)15-11-5-3-4-6-13(11)16-14/h3,5-9H,2,4H2,1H3. The van der Waals surface area contributed by atoms with E-state index in [9.17, 15) is 0 Å². The van der Waals surface area contributed by atoms with E-state index in [0.717, 1.165) is 24.2 Å². The zero-order chi connectivity index (χ0) is 11.0. The highest BCUT2D eigenvalue weighted by Crippen LogP contribution is 2.41. The Morgan fingerprint density at radius 1 is 1.38 bits per heavy atom. The van der Waals surface area contributed by atoms with Crippen LogP contribution in [0.5, 0.6) is 0 Å². The van der Waals surface area contributed by atoms with E-state index in [1.807, 2.05) is 11.8 Å². The minimum Gasteiger partial charge on any atom is -0.247 e. The van der Waals surface area contributed by atoms with Gasteiger partial charge in [0.15, 0.2) is 0 Å². The zero-order valence-corrected chi connectivity index (χ0v) is 10.1. The Morgan fingerprint density at radius 3 is 3.19 bits per heavy atom. The molecule has 16 heavy (non-hydrogen) atoms. The fraction of sp³-hybridized carbons (Fsp3) is 0.214.